The molecule has 0 aliphatic rings. The van der Waals surface area contributed by atoms with Gasteiger partial charge in [-0.3, -0.25) is 0 Å². The average Bonchev–Trinajstić information content (AvgIpc) is 2.63. The molecule has 0 bridgehead atoms. The standard InChI is InChI=1S/C16H26N2O2Si3.C6H22N2O2Si3/c1-21(2,17)19-23(20-22(3,4)18,15-11-7-5-8-12-15)16-13-9-6-10-14-16;1-11(2,7)9-13(5,6)10-12(3,4)8/h5-14H,17-18H2,1-4H3;7-8H2,1-6H3. The van der Waals surface area contributed by atoms with Crippen LogP contribution >= 0.6 is 0 Å². The first kappa shape index (κ1) is 33.4. The Morgan fingerprint density at radius 2 is 0.667 bits per heavy atom. The number of benzene rings is 2. The van der Waals surface area contributed by atoms with Crippen LogP contribution in [0.25, 0.3) is 0 Å². The molecule has 2 aromatic carbocycles. The third-order valence-electron chi connectivity index (χ3n) is 4.14. The molecule has 0 radical (unpaired) electrons. The van der Waals surface area contributed by atoms with Crippen LogP contribution in [-0.4, -0.2) is 51.0 Å². The molecule has 0 heterocycles. The van der Waals surface area contributed by atoms with Gasteiger partial charge in [-0.15, -0.1) is 0 Å². The van der Waals surface area contributed by atoms with Gasteiger partial charge < -0.3 is 38.1 Å². The quantitative estimate of drug-likeness (QED) is 0.305. The zero-order chi connectivity index (χ0) is 28.1. The van der Waals surface area contributed by atoms with E-state index >= 15 is 0 Å². The van der Waals surface area contributed by atoms with Gasteiger partial charge in [0.1, 0.15) is 0 Å². The number of rotatable bonds is 10. The molecule has 2 rings (SSSR count). The largest absolute Gasteiger partial charge is 0.424 e. The summed E-state index contributed by atoms with van der Waals surface area (Å²) in [5, 5.41) is 26.6. The van der Waals surface area contributed by atoms with Crippen molar-refractivity contribution in [2.45, 2.75) is 65.5 Å². The molecule has 36 heavy (non-hydrogen) atoms. The molecule has 0 spiro atoms. The van der Waals surface area contributed by atoms with Crippen molar-refractivity contribution in [3.8, 4) is 0 Å². The fourth-order valence-electron chi connectivity index (χ4n) is 3.77. The van der Waals surface area contributed by atoms with Crippen molar-refractivity contribution in [2.75, 3.05) is 0 Å². The zero-order valence-electron chi connectivity index (χ0n) is 23.7. The van der Waals surface area contributed by atoms with Crippen LogP contribution in [0.5, 0.6) is 0 Å². The highest BCUT2D eigenvalue weighted by atomic mass is 28.5. The summed E-state index contributed by atoms with van der Waals surface area (Å²) in [6.07, 6.45) is 0. The molecule has 0 aliphatic carbocycles. The van der Waals surface area contributed by atoms with Crippen molar-refractivity contribution in [1.82, 2.24) is 0 Å². The van der Waals surface area contributed by atoms with E-state index in [1.807, 2.05) is 102 Å². The van der Waals surface area contributed by atoms with Crippen LogP contribution in [0, 0.1) is 0 Å². The van der Waals surface area contributed by atoms with E-state index in [2.05, 4.69) is 24.3 Å². The second-order valence-electron chi connectivity index (χ2n) is 11.6. The predicted octanol–water partition coefficient (Wildman–Crippen LogP) is 2.64. The lowest BCUT2D eigenvalue weighted by Crippen LogP contribution is -2.73. The molecule has 0 amide bonds. The highest BCUT2D eigenvalue weighted by Gasteiger charge is 2.49. The Bertz CT molecular complexity index is 853. The molecule has 0 saturated heterocycles. The molecule has 0 atom stereocenters. The topological polar surface area (TPSA) is 141 Å². The Labute approximate surface area is 225 Å². The third kappa shape index (κ3) is 13.3. The lowest BCUT2D eigenvalue weighted by atomic mass is 10.4. The lowest BCUT2D eigenvalue weighted by molar-refractivity contribution is 0.390. The summed E-state index contributed by atoms with van der Waals surface area (Å²) in [5.41, 5.74) is 0. The summed E-state index contributed by atoms with van der Waals surface area (Å²) in [7, 11) is -13.7. The minimum atomic E-state index is -2.95. The van der Waals surface area contributed by atoms with Crippen molar-refractivity contribution in [3.63, 3.8) is 0 Å². The van der Waals surface area contributed by atoms with Gasteiger partial charge in [0.05, 0.1) is 0 Å². The normalized spacial score (nSPS) is 13.7. The van der Waals surface area contributed by atoms with Crippen molar-refractivity contribution in [2.24, 2.45) is 21.6 Å². The summed E-state index contributed by atoms with van der Waals surface area (Å²) in [6, 6.07) is 20.2. The summed E-state index contributed by atoms with van der Waals surface area (Å²) in [6.45, 7) is 19.7. The second-order valence-corrected chi connectivity index (χ2v) is 32.9. The van der Waals surface area contributed by atoms with Gasteiger partial charge in [-0.1, -0.05) is 60.7 Å². The summed E-state index contributed by atoms with van der Waals surface area (Å²) < 4.78 is 24.7. The van der Waals surface area contributed by atoms with E-state index in [4.69, 9.17) is 38.1 Å². The van der Waals surface area contributed by atoms with Crippen LogP contribution < -0.4 is 32.0 Å². The van der Waals surface area contributed by atoms with Gasteiger partial charge in [0, 0.05) is 0 Å². The van der Waals surface area contributed by atoms with Gasteiger partial charge in [-0.25, -0.2) is 0 Å². The Morgan fingerprint density at radius 3 is 0.889 bits per heavy atom. The van der Waals surface area contributed by atoms with Crippen molar-refractivity contribution >= 4 is 61.4 Å². The molecule has 0 aliphatic heterocycles. The van der Waals surface area contributed by atoms with Gasteiger partial charge >= 0.3 is 17.1 Å². The van der Waals surface area contributed by atoms with Crippen LogP contribution in [0.4, 0.5) is 0 Å². The van der Waals surface area contributed by atoms with E-state index in [1.54, 1.807) is 0 Å². The Hall–Kier alpha value is -0.579. The number of hydrogen-bond donors (Lipinski definition) is 4. The first-order valence-electron chi connectivity index (χ1n) is 12.1. The van der Waals surface area contributed by atoms with E-state index < -0.39 is 51.0 Å². The molecule has 0 fully saturated rings. The van der Waals surface area contributed by atoms with E-state index in [0.29, 0.717) is 0 Å². The summed E-state index contributed by atoms with van der Waals surface area (Å²) in [5.74, 6) is 0. The Kier molecular flexibility index (Phi) is 11.6. The fraction of sp³-hybridized carbons (Fsp3) is 0.455. The van der Waals surface area contributed by atoms with Crippen LogP contribution in [0.15, 0.2) is 60.7 Å². The molecule has 8 nitrogen and oxygen atoms in total. The Balaban J connectivity index is 0.000000426. The molecule has 0 unspecified atom stereocenters. The van der Waals surface area contributed by atoms with Crippen LogP contribution in [0.2, 0.25) is 65.5 Å². The molecule has 0 aromatic heterocycles. The zero-order valence-corrected chi connectivity index (χ0v) is 29.7. The first-order valence-corrected chi connectivity index (χ1v) is 28.7. The molecular weight excluding hydrogens is 553 g/mol. The first-order chi connectivity index (χ1) is 16.0. The fourth-order valence-corrected chi connectivity index (χ4v) is 24.4. The van der Waals surface area contributed by atoms with Crippen LogP contribution in [0.3, 0.4) is 0 Å². The van der Waals surface area contributed by atoms with Gasteiger partial charge in [-0.05, 0) is 75.8 Å². The maximum absolute atomic E-state index is 6.56. The maximum atomic E-state index is 6.56. The van der Waals surface area contributed by atoms with E-state index in [-0.39, 0.29) is 0 Å². The average molecular weight is 601 g/mol. The predicted molar refractivity (Wildman–Crippen MR) is 166 cm³/mol. The van der Waals surface area contributed by atoms with Crippen LogP contribution in [0.1, 0.15) is 0 Å². The second kappa shape index (κ2) is 12.5. The minimum Gasteiger partial charge on any atom is -0.424 e. The van der Waals surface area contributed by atoms with E-state index in [0.717, 1.165) is 10.4 Å². The highest BCUT2D eigenvalue weighted by Crippen LogP contribution is 2.18. The SMILES string of the molecule is C[Si](C)(N)O[Si](C)(C)O[Si](C)(C)N.C[Si](C)(N)O[Si](O[Si](C)(C)N)(c1ccccc1)c1ccccc1. The molecule has 2 aromatic rings. The lowest BCUT2D eigenvalue weighted by Gasteiger charge is -2.40. The number of hydrogen-bond acceptors (Lipinski definition) is 8. The highest BCUT2D eigenvalue weighted by molar-refractivity contribution is 7.01. The summed E-state index contributed by atoms with van der Waals surface area (Å²) in [4.78, 5) is 0. The molecule has 8 N–H and O–H groups in total. The molecule has 0 saturated carbocycles. The van der Waals surface area contributed by atoms with Crippen molar-refractivity contribution < 1.29 is 16.5 Å². The third-order valence-corrected chi connectivity index (χ3v) is 21.0. The molecular formula is C22H48N4O4Si6. The van der Waals surface area contributed by atoms with Gasteiger partial charge in [0.25, 0.3) is 33.9 Å². The van der Waals surface area contributed by atoms with Crippen LogP contribution in [-0.2, 0) is 16.5 Å². The maximum Gasteiger partial charge on any atom is 0.388 e. The minimum absolute atomic E-state index is 1.04. The van der Waals surface area contributed by atoms with Gasteiger partial charge in [-0.2, -0.15) is 0 Å². The molecule has 204 valence electrons. The van der Waals surface area contributed by atoms with Gasteiger partial charge in [0.15, 0.2) is 0 Å². The summed E-state index contributed by atoms with van der Waals surface area (Å²) >= 11 is 0. The van der Waals surface area contributed by atoms with Crippen molar-refractivity contribution in [3.05, 3.63) is 60.7 Å². The Morgan fingerprint density at radius 1 is 0.417 bits per heavy atom. The molecule has 14 heteroatoms. The van der Waals surface area contributed by atoms with E-state index in [9.17, 15) is 0 Å². The smallest absolute Gasteiger partial charge is 0.388 e. The number of nitrogens with two attached hydrogens (primary N) is 4. The monoisotopic (exact) mass is 600 g/mol. The van der Waals surface area contributed by atoms with Gasteiger partial charge in [0.2, 0.25) is 0 Å². The van der Waals surface area contributed by atoms with Crippen molar-refractivity contribution in [1.29, 1.82) is 0 Å². The van der Waals surface area contributed by atoms with E-state index in [1.165, 1.54) is 0 Å².